The molecule has 120 valence electrons. The zero-order chi connectivity index (χ0) is 16.1. The van der Waals surface area contributed by atoms with Crippen molar-refractivity contribution in [3.05, 3.63) is 28.8 Å². The number of hydrogen-bond acceptors (Lipinski definition) is 3. The van der Waals surface area contributed by atoms with Gasteiger partial charge < -0.3 is 10.1 Å². The molecule has 1 aliphatic rings. The molecule has 1 amide bonds. The topological polar surface area (TPSA) is 55.4 Å². The summed E-state index contributed by atoms with van der Waals surface area (Å²) in [6.07, 6.45) is 4.01. The van der Waals surface area contributed by atoms with Gasteiger partial charge in [0.25, 0.3) is 0 Å². The normalized spacial score (nSPS) is 16.2. The maximum atomic E-state index is 11.8. The molecule has 1 N–H and O–H groups in total. The van der Waals surface area contributed by atoms with E-state index in [0.29, 0.717) is 25.3 Å². The largest absolute Gasteiger partial charge is 0.496 e. The van der Waals surface area contributed by atoms with Crippen LogP contribution in [0.25, 0.3) is 0 Å². The highest BCUT2D eigenvalue weighted by molar-refractivity contribution is 5.81. The smallest absolute Gasteiger partial charge is 0.216 e. The Morgan fingerprint density at radius 2 is 2.14 bits per heavy atom. The van der Waals surface area contributed by atoms with Gasteiger partial charge in [0.05, 0.1) is 7.11 Å². The van der Waals surface area contributed by atoms with Gasteiger partial charge in [-0.1, -0.05) is 19.1 Å². The maximum absolute atomic E-state index is 11.8. The minimum atomic E-state index is 0.00692. The first-order chi connectivity index (χ1) is 10.6. The van der Waals surface area contributed by atoms with Gasteiger partial charge in [0, 0.05) is 37.4 Å². The van der Waals surface area contributed by atoms with Crippen LogP contribution in [0.4, 0.5) is 0 Å². The molecule has 0 saturated heterocycles. The van der Waals surface area contributed by atoms with Crippen molar-refractivity contribution < 1.29 is 14.3 Å². The predicted molar refractivity (Wildman–Crippen MR) is 86.4 cm³/mol. The van der Waals surface area contributed by atoms with E-state index in [2.05, 4.69) is 11.4 Å². The minimum Gasteiger partial charge on any atom is -0.496 e. The summed E-state index contributed by atoms with van der Waals surface area (Å²) >= 11 is 0. The number of ketones is 1. The molecule has 4 nitrogen and oxygen atoms in total. The van der Waals surface area contributed by atoms with Crippen LogP contribution in [-0.4, -0.2) is 25.3 Å². The number of Topliss-reactive ketones (excluding diaryl/α,β-unsaturated/α-hetero) is 1. The standard InChI is InChI=1S/C18H25NO3/c1-4-16(21)11-15-8-7-13-5-6-14(9-10-19-12(2)20)17(13)18(15)22-3/h7-8,14H,4-6,9-11H2,1-3H3,(H,19,20). The minimum absolute atomic E-state index is 0.00692. The third kappa shape index (κ3) is 3.67. The Morgan fingerprint density at radius 3 is 2.77 bits per heavy atom. The predicted octanol–water partition coefficient (Wildman–Crippen LogP) is 2.77. The van der Waals surface area contributed by atoms with Gasteiger partial charge in [0.2, 0.25) is 5.91 Å². The molecule has 1 atom stereocenters. The third-order valence-corrected chi connectivity index (χ3v) is 4.39. The van der Waals surface area contributed by atoms with Crippen molar-refractivity contribution >= 4 is 11.7 Å². The van der Waals surface area contributed by atoms with Gasteiger partial charge in [-0.2, -0.15) is 0 Å². The third-order valence-electron chi connectivity index (χ3n) is 4.39. The van der Waals surface area contributed by atoms with Crippen LogP contribution >= 0.6 is 0 Å². The first-order valence-corrected chi connectivity index (χ1v) is 8.01. The number of amides is 1. The molecule has 4 heteroatoms. The molecule has 0 fully saturated rings. The fourth-order valence-corrected chi connectivity index (χ4v) is 3.25. The second kappa shape index (κ2) is 7.43. The summed E-state index contributed by atoms with van der Waals surface area (Å²) in [7, 11) is 1.68. The molecule has 2 rings (SSSR count). The lowest BCUT2D eigenvalue weighted by molar-refractivity contribution is -0.119. The van der Waals surface area contributed by atoms with E-state index in [-0.39, 0.29) is 11.7 Å². The second-order valence-electron chi connectivity index (χ2n) is 5.91. The van der Waals surface area contributed by atoms with Gasteiger partial charge in [-0.3, -0.25) is 9.59 Å². The summed E-state index contributed by atoms with van der Waals surface area (Å²) < 4.78 is 5.65. The molecule has 0 spiro atoms. The highest BCUT2D eigenvalue weighted by atomic mass is 16.5. The highest BCUT2D eigenvalue weighted by Gasteiger charge is 2.27. The molecule has 0 aromatic heterocycles. The van der Waals surface area contributed by atoms with E-state index in [9.17, 15) is 9.59 Å². The molecule has 0 aliphatic heterocycles. The van der Waals surface area contributed by atoms with E-state index >= 15 is 0 Å². The molecule has 0 saturated carbocycles. The molecule has 1 aromatic rings. The number of hydrogen-bond donors (Lipinski definition) is 1. The number of fused-ring (bicyclic) bond motifs is 1. The monoisotopic (exact) mass is 303 g/mol. The second-order valence-corrected chi connectivity index (χ2v) is 5.91. The molecule has 1 aromatic carbocycles. The van der Waals surface area contributed by atoms with Gasteiger partial charge in [-0.05, 0) is 30.7 Å². The quantitative estimate of drug-likeness (QED) is 0.842. The van der Waals surface area contributed by atoms with E-state index < -0.39 is 0 Å². The van der Waals surface area contributed by atoms with Crippen LogP contribution in [0.15, 0.2) is 12.1 Å². The zero-order valence-corrected chi connectivity index (χ0v) is 13.7. The zero-order valence-electron chi connectivity index (χ0n) is 13.7. The Morgan fingerprint density at radius 1 is 1.36 bits per heavy atom. The number of carbonyl (C=O) groups excluding carboxylic acids is 2. The van der Waals surface area contributed by atoms with Crippen molar-refractivity contribution in [3.8, 4) is 5.75 Å². The van der Waals surface area contributed by atoms with Crippen molar-refractivity contribution in [2.45, 2.75) is 51.9 Å². The lowest BCUT2D eigenvalue weighted by Crippen LogP contribution is -2.22. The van der Waals surface area contributed by atoms with Crippen molar-refractivity contribution in [1.82, 2.24) is 5.32 Å². The number of nitrogens with one attached hydrogen (secondary N) is 1. The van der Waals surface area contributed by atoms with E-state index in [1.54, 1.807) is 7.11 Å². The SMILES string of the molecule is CCC(=O)Cc1ccc2c(c1OC)C(CCNC(C)=O)CC2. The van der Waals surface area contributed by atoms with Crippen LogP contribution < -0.4 is 10.1 Å². The van der Waals surface area contributed by atoms with Crippen LogP contribution in [0, 0.1) is 0 Å². The molecule has 0 radical (unpaired) electrons. The molecular weight excluding hydrogens is 278 g/mol. The van der Waals surface area contributed by atoms with Crippen molar-refractivity contribution in [2.24, 2.45) is 0 Å². The summed E-state index contributed by atoms with van der Waals surface area (Å²) in [6, 6.07) is 4.16. The van der Waals surface area contributed by atoms with Gasteiger partial charge in [-0.25, -0.2) is 0 Å². The lowest BCUT2D eigenvalue weighted by atomic mass is 9.93. The van der Waals surface area contributed by atoms with Crippen LogP contribution in [0.1, 0.15) is 55.7 Å². The Bertz CT molecular complexity index is 566. The number of ether oxygens (including phenoxy) is 1. The molecule has 22 heavy (non-hydrogen) atoms. The Hall–Kier alpha value is -1.84. The van der Waals surface area contributed by atoms with Crippen LogP contribution in [0.2, 0.25) is 0 Å². The molecule has 0 heterocycles. The average Bonchev–Trinajstić information content (AvgIpc) is 2.90. The summed E-state index contributed by atoms with van der Waals surface area (Å²) in [5.74, 6) is 1.51. The van der Waals surface area contributed by atoms with Gasteiger partial charge in [-0.15, -0.1) is 0 Å². The van der Waals surface area contributed by atoms with E-state index in [1.165, 1.54) is 18.1 Å². The maximum Gasteiger partial charge on any atom is 0.216 e. The van der Waals surface area contributed by atoms with Crippen molar-refractivity contribution in [2.75, 3.05) is 13.7 Å². The first kappa shape index (κ1) is 16.5. The molecular formula is C18H25NO3. The number of aryl methyl sites for hydroxylation is 1. The fourth-order valence-electron chi connectivity index (χ4n) is 3.25. The molecule has 0 bridgehead atoms. The van der Waals surface area contributed by atoms with E-state index in [0.717, 1.165) is 30.6 Å². The number of rotatable bonds is 7. The van der Waals surface area contributed by atoms with Crippen LogP contribution in [0.5, 0.6) is 5.75 Å². The fraction of sp³-hybridized carbons (Fsp3) is 0.556. The highest BCUT2D eigenvalue weighted by Crippen LogP contribution is 2.43. The van der Waals surface area contributed by atoms with Crippen molar-refractivity contribution in [1.29, 1.82) is 0 Å². The summed E-state index contributed by atoms with van der Waals surface area (Å²) in [6.45, 7) is 4.11. The average molecular weight is 303 g/mol. The van der Waals surface area contributed by atoms with Gasteiger partial charge >= 0.3 is 0 Å². The van der Waals surface area contributed by atoms with E-state index in [4.69, 9.17) is 4.74 Å². The van der Waals surface area contributed by atoms with Crippen LogP contribution in [-0.2, 0) is 22.4 Å². The molecule has 1 aliphatic carbocycles. The van der Waals surface area contributed by atoms with Gasteiger partial charge in [0.15, 0.2) is 0 Å². The summed E-state index contributed by atoms with van der Waals surface area (Å²) in [5.41, 5.74) is 3.55. The van der Waals surface area contributed by atoms with Gasteiger partial charge in [0.1, 0.15) is 11.5 Å². The summed E-state index contributed by atoms with van der Waals surface area (Å²) in [5, 5.41) is 2.86. The summed E-state index contributed by atoms with van der Waals surface area (Å²) in [4.78, 5) is 22.8. The number of benzene rings is 1. The number of methoxy groups -OCH3 is 1. The Labute approximate surface area is 132 Å². The Balaban J connectivity index is 2.22. The van der Waals surface area contributed by atoms with Crippen LogP contribution in [0.3, 0.4) is 0 Å². The molecule has 1 unspecified atom stereocenters. The lowest BCUT2D eigenvalue weighted by Gasteiger charge is -2.18. The first-order valence-electron chi connectivity index (χ1n) is 8.01. The Kier molecular flexibility index (Phi) is 5.58. The van der Waals surface area contributed by atoms with E-state index in [1.807, 2.05) is 13.0 Å². The van der Waals surface area contributed by atoms with Crippen molar-refractivity contribution in [3.63, 3.8) is 0 Å². The number of carbonyl (C=O) groups is 2.